The minimum absolute atomic E-state index is 0. The molecule has 1 aliphatic carbocycles. The molecule has 6 heteroatoms. The van der Waals surface area contributed by atoms with E-state index in [0.717, 1.165) is 24.8 Å². The van der Waals surface area contributed by atoms with Crippen molar-refractivity contribution >= 4 is 28.1 Å². The molecule has 1 aliphatic rings. The van der Waals surface area contributed by atoms with Gasteiger partial charge >= 0.3 is 0 Å². The Labute approximate surface area is 143 Å². The summed E-state index contributed by atoms with van der Waals surface area (Å²) in [5, 5.41) is 0. The van der Waals surface area contributed by atoms with Crippen LogP contribution in [0.1, 0.15) is 23.1 Å². The van der Waals surface area contributed by atoms with Gasteiger partial charge in [0.15, 0.2) is 0 Å². The van der Waals surface area contributed by atoms with Gasteiger partial charge in [0.05, 0.1) is 4.90 Å². The topological polar surface area (TPSA) is 72.2 Å². The van der Waals surface area contributed by atoms with Crippen LogP contribution in [0.15, 0.2) is 47.4 Å². The number of benzene rings is 2. The lowest BCUT2D eigenvalue weighted by Gasteiger charge is -2.09. The number of hydrogen-bond acceptors (Lipinski definition) is 3. The van der Waals surface area contributed by atoms with E-state index in [0.29, 0.717) is 23.5 Å². The van der Waals surface area contributed by atoms with Gasteiger partial charge in [0, 0.05) is 12.2 Å². The van der Waals surface area contributed by atoms with Gasteiger partial charge in [-0.05, 0) is 66.6 Å². The van der Waals surface area contributed by atoms with Gasteiger partial charge in [-0.15, -0.1) is 12.4 Å². The normalized spacial score (nSPS) is 13.4. The summed E-state index contributed by atoms with van der Waals surface area (Å²) in [5.74, 6) is 0. The van der Waals surface area contributed by atoms with E-state index < -0.39 is 10.0 Å². The molecule has 0 bridgehead atoms. The minimum atomic E-state index is -3.43. The molecular formula is C17H21ClN2O2S. The summed E-state index contributed by atoms with van der Waals surface area (Å²) in [7, 11) is -3.43. The molecule has 0 spiro atoms. The molecule has 3 N–H and O–H groups in total. The van der Waals surface area contributed by atoms with Gasteiger partial charge in [0.25, 0.3) is 0 Å². The third-order valence-electron chi connectivity index (χ3n) is 4.07. The van der Waals surface area contributed by atoms with Gasteiger partial charge in [-0.1, -0.05) is 18.2 Å². The molecule has 0 unspecified atom stereocenters. The van der Waals surface area contributed by atoms with E-state index in [2.05, 4.69) is 4.72 Å². The molecule has 2 aromatic carbocycles. The Kier molecular flexibility index (Phi) is 5.68. The van der Waals surface area contributed by atoms with Crippen molar-refractivity contribution < 1.29 is 8.42 Å². The van der Waals surface area contributed by atoms with Gasteiger partial charge in [-0.25, -0.2) is 13.1 Å². The molecule has 0 heterocycles. The van der Waals surface area contributed by atoms with Crippen molar-refractivity contribution in [2.75, 3.05) is 12.3 Å². The van der Waals surface area contributed by atoms with Crippen molar-refractivity contribution in [2.45, 2.75) is 30.6 Å². The molecule has 0 atom stereocenters. The van der Waals surface area contributed by atoms with Crippen LogP contribution in [0.4, 0.5) is 5.69 Å². The molecule has 0 aromatic heterocycles. The molecule has 2 aromatic rings. The summed E-state index contributed by atoms with van der Waals surface area (Å²) in [6.45, 7) is 0.378. The zero-order valence-corrected chi connectivity index (χ0v) is 14.4. The van der Waals surface area contributed by atoms with E-state index in [9.17, 15) is 8.42 Å². The quantitative estimate of drug-likeness (QED) is 0.813. The van der Waals surface area contributed by atoms with Crippen LogP contribution in [-0.4, -0.2) is 15.0 Å². The first-order valence-electron chi connectivity index (χ1n) is 7.50. The van der Waals surface area contributed by atoms with Crippen LogP contribution in [-0.2, 0) is 29.3 Å². The van der Waals surface area contributed by atoms with Crippen LogP contribution in [0, 0.1) is 0 Å². The molecule has 0 saturated heterocycles. The Morgan fingerprint density at radius 3 is 2.43 bits per heavy atom. The second kappa shape index (κ2) is 7.34. The first-order valence-corrected chi connectivity index (χ1v) is 8.99. The number of nitrogens with one attached hydrogen (secondary N) is 1. The largest absolute Gasteiger partial charge is 0.399 e. The van der Waals surface area contributed by atoms with Gasteiger partial charge in [0.1, 0.15) is 0 Å². The third-order valence-corrected chi connectivity index (χ3v) is 5.52. The van der Waals surface area contributed by atoms with Crippen molar-refractivity contribution in [3.63, 3.8) is 0 Å². The fourth-order valence-corrected chi connectivity index (χ4v) is 3.89. The Bertz CT molecular complexity index is 774. The number of anilines is 1. The molecular weight excluding hydrogens is 332 g/mol. The monoisotopic (exact) mass is 352 g/mol. The molecule has 0 fully saturated rings. The molecule has 4 nitrogen and oxygen atoms in total. The van der Waals surface area contributed by atoms with Crippen molar-refractivity contribution in [1.82, 2.24) is 4.72 Å². The van der Waals surface area contributed by atoms with Crippen LogP contribution in [0.5, 0.6) is 0 Å². The molecule has 3 rings (SSSR count). The lowest BCUT2D eigenvalue weighted by molar-refractivity contribution is 0.581. The van der Waals surface area contributed by atoms with E-state index >= 15 is 0 Å². The molecule has 0 saturated carbocycles. The number of nitrogen functional groups attached to an aromatic ring is 1. The maximum atomic E-state index is 12.3. The first-order chi connectivity index (χ1) is 10.5. The highest BCUT2D eigenvalue weighted by atomic mass is 35.5. The standard InChI is InChI=1S/C17H20N2O2S.ClH/c18-16-7-4-13(5-8-16)10-11-19-22(20,21)17-9-6-14-2-1-3-15(14)12-17;/h4-9,12,19H,1-3,10-11,18H2;1H. The highest BCUT2D eigenvalue weighted by Gasteiger charge is 2.17. The molecule has 0 radical (unpaired) electrons. The summed E-state index contributed by atoms with van der Waals surface area (Å²) in [6, 6.07) is 12.9. The van der Waals surface area contributed by atoms with Crippen molar-refractivity contribution in [3.8, 4) is 0 Å². The number of halogens is 1. The lowest BCUT2D eigenvalue weighted by Crippen LogP contribution is -2.26. The Hall–Kier alpha value is -1.56. The summed E-state index contributed by atoms with van der Waals surface area (Å²) >= 11 is 0. The maximum absolute atomic E-state index is 12.3. The second-order valence-corrected chi connectivity index (χ2v) is 7.44. The Balaban J connectivity index is 0.00000192. The second-order valence-electron chi connectivity index (χ2n) is 5.67. The first kappa shape index (κ1) is 17.8. The number of fused-ring (bicyclic) bond motifs is 1. The van der Waals surface area contributed by atoms with Crippen LogP contribution >= 0.6 is 12.4 Å². The Morgan fingerprint density at radius 2 is 1.70 bits per heavy atom. The van der Waals surface area contributed by atoms with Crippen molar-refractivity contribution in [3.05, 3.63) is 59.2 Å². The number of hydrogen-bond donors (Lipinski definition) is 2. The molecule has 0 amide bonds. The van der Waals surface area contributed by atoms with Crippen LogP contribution in [0.3, 0.4) is 0 Å². The van der Waals surface area contributed by atoms with Gasteiger partial charge in [-0.2, -0.15) is 0 Å². The van der Waals surface area contributed by atoms with Crippen LogP contribution < -0.4 is 10.5 Å². The SMILES string of the molecule is Cl.Nc1ccc(CCNS(=O)(=O)c2ccc3c(c2)CCC3)cc1. The number of nitrogens with two attached hydrogens (primary N) is 1. The zero-order chi connectivity index (χ0) is 15.6. The number of rotatable bonds is 5. The summed E-state index contributed by atoms with van der Waals surface area (Å²) in [5.41, 5.74) is 9.85. The van der Waals surface area contributed by atoms with E-state index in [1.165, 1.54) is 11.1 Å². The predicted molar refractivity (Wildman–Crippen MR) is 95.5 cm³/mol. The fraction of sp³-hybridized carbons (Fsp3) is 0.294. The fourth-order valence-electron chi connectivity index (χ4n) is 2.81. The van der Waals surface area contributed by atoms with Crippen LogP contribution in [0.2, 0.25) is 0 Å². The molecule has 0 aliphatic heterocycles. The summed E-state index contributed by atoms with van der Waals surface area (Å²) in [6.07, 6.45) is 3.79. The highest BCUT2D eigenvalue weighted by molar-refractivity contribution is 7.89. The zero-order valence-electron chi connectivity index (χ0n) is 12.8. The van der Waals surface area contributed by atoms with E-state index in [-0.39, 0.29) is 12.4 Å². The molecule has 124 valence electrons. The van der Waals surface area contributed by atoms with E-state index in [4.69, 9.17) is 5.73 Å². The van der Waals surface area contributed by atoms with Gasteiger partial charge in [0.2, 0.25) is 10.0 Å². The van der Waals surface area contributed by atoms with Gasteiger partial charge < -0.3 is 5.73 Å². The maximum Gasteiger partial charge on any atom is 0.240 e. The average molecular weight is 353 g/mol. The number of aryl methyl sites for hydroxylation is 2. The van der Waals surface area contributed by atoms with Crippen LogP contribution in [0.25, 0.3) is 0 Å². The average Bonchev–Trinajstić information content (AvgIpc) is 2.96. The third kappa shape index (κ3) is 4.25. The predicted octanol–water partition coefficient (Wildman–Crippen LogP) is 2.70. The smallest absolute Gasteiger partial charge is 0.240 e. The van der Waals surface area contributed by atoms with Gasteiger partial charge in [-0.3, -0.25) is 0 Å². The Morgan fingerprint density at radius 1 is 1.00 bits per heavy atom. The molecule has 23 heavy (non-hydrogen) atoms. The minimum Gasteiger partial charge on any atom is -0.399 e. The van der Waals surface area contributed by atoms with Crippen molar-refractivity contribution in [1.29, 1.82) is 0 Å². The lowest BCUT2D eigenvalue weighted by atomic mass is 10.1. The summed E-state index contributed by atoms with van der Waals surface area (Å²) in [4.78, 5) is 0.366. The van der Waals surface area contributed by atoms with E-state index in [1.807, 2.05) is 36.4 Å². The summed E-state index contributed by atoms with van der Waals surface area (Å²) < 4.78 is 27.4. The van der Waals surface area contributed by atoms with E-state index in [1.54, 1.807) is 6.07 Å². The van der Waals surface area contributed by atoms with Crippen molar-refractivity contribution in [2.24, 2.45) is 0 Å². The number of sulfonamides is 1. The highest BCUT2D eigenvalue weighted by Crippen LogP contribution is 2.24.